The molecule has 1 heterocycles. The highest BCUT2D eigenvalue weighted by Gasteiger charge is 2.39. The molecule has 1 atom stereocenters. The zero-order valence-corrected chi connectivity index (χ0v) is 11.2. The molecule has 1 fully saturated rings. The second-order valence-electron chi connectivity index (χ2n) is 4.73. The van der Waals surface area contributed by atoms with Gasteiger partial charge in [-0.25, -0.2) is 0 Å². The summed E-state index contributed by atoms with van der Waals surface area (Å²) in [6.07, 6.45) is 4.84. The first-order chi connectivity index (χ1) is 7.69. The second kappa shape index (κ2) is 4.86. The van der Waals surface area contributed by atoms with Crippen molar-refractivity contribution in [1.29, 1.82) is 0 Å². The van der Waals surface area contributed by atoms with Crippen molar-refractivity contribution in [2.45, 2.75) is 44.2 Å². The van der Waals surface area contributed by atoms with Crippen LogP contribution < -0.4 is 5.32 Å². The first-order valence-corrected chi connectivity index (χ1v) is 6.79. The molecule has 1 N–H and O–H groups in total. The summed E-state index contributed by atoms with van der Waals surface area (Å²) in [6, 6.07) is 4.88. The molecule has 16 heavy (non-hydrogen) atoms. The number of rotatable bonds is 5. The third-order valence-corrected chi connectivity index (χ3v) is 4.84. The average molecular weight is 239 g/mol. The molecule has 2 nitrogen and oxygen atoms in total. The predicted octanol–water partition coefficient (Wildman–Crippen LogP) is 3.28. The molecule has 0 aromatic carbocycles. The van der Waals surface area contributed by atoms with Crippen LogP contribution in [0.3, 0.4) is 0 Å². The van der Waals surface area contributed by atoms with Gasteiger partial charge in [-0.05, 0) is 51.8 Å². The van der Waals surface area contributed by atoms with Gasteiger partial charge in [0.2, 0.25) is 0 Å². The van der Waals surface area contributed by atoms with Crippen molar-refractivity contribution in [1.82, 2.24) is 5.32 Å². The molecular formula is C13H21NOS. The summed E-state index contributed by atoms with van der Waals surface area (Å²) in [5.74, 6) is 0. The quantitative estimate of drug-likeness (QED) is 0.851. The monoisotopic (exact) mass is 239 g/mol. The van der Waals surface area contributed by atoms with Crippen LogP contribution in [0.2, 0.25) is 0 Å². The van der Waals surface area contributed by atoms with Gasteiger partial charge in [-0.1, -0.05) is 0 Å². The van der Waals surface area contributed by atoms with E-state index in [2.05, 4.69) is 24.4 Å². The van der Waals surface area contributed by atoms with E-state index in [0.29, 0.717) is 6.04 Å². The van der Waals surface area contributed by atoms with Crippen LogP contribution in [0.25, 0.3) is 0 Å². The lowest BCUT2D eigenvalue weighted by molar-refractivity contribution is -0.0832. The summed E-state index contributed by atoms with van der Waals surface area (Å²) in [7, 11) is 3.90. The molecule has 1 aliphatic carbocycles. The summed E-state index contributed by atoms with van der Waals surface area (Å²) < 4.78 is 5.70. The molecular weight excluding hydrogens is 218 g/mol. The number of thiophene rings is 1. The van der Waals surface area contributed by atoms with E-state index >= 15 is 0 Å². The Balaban J connectivity index is 2.05. The van der Waals surface area contributed by atoms with E-state index in [1.165, 1.54) is 29.0 Å². The Labute approximate surface area is 102 Å². The van der Waals surface area contributed by atoms with Gasteiger partial charge < -0.3 is 10.1 Å². The molecule has 0 aliphatic heterocycles. The first-order valence-electron chi connectivity index (χ1n) is 5.98. The van der Waals surface area contributed by atoms with Gasteiger partial charge >= 0.3 is 0 Å². The highest BCUT2D eigenvalue weighted by atomic mass is 32.1. The van der Waals surface area contributed by atoms with E-state index in [1.807, 2.05) is 25.5 Å². The van der Waals surface area contributed by atoms with Crippen LogP contribution >= 0.6 is 11.3 Å². The Morgan fingerprint density at radius 3 is 2.62 bits per heavy atom. The minimum atomic E-state index is 0.144. The third kappa shape index (κ3) is 2.31. The van der Waals surface area contributed by atoms with Crippen LogP contribution in [0.5, 0.6) is 0 Å². The summed E-state index contributed by atoms with van der Waals surface area (Å²) >= 11 is 1.89. The van der Waals surface area contributed by atoms with Gasteiger partial charge in [-0.2, -0.15) is 0 Å². The molecule has 0 bridgehead atoms. The van der Waals surface area contributed by atoms with Crippen LogP contribution in [0.4, 0.5) is 0 Å². The van der Waals surface area contributed by atoms with Crippen LogP contribution in [-0.2, 0) is 4.74 Å². The Kier molecular flexibility index (Phi) is 3.67. The fraction of sp³-hybridized carbons (Fsp3) is 0.692. The van der Waals surface area contributed by atoms with Gasteiger partial charge in [0.1, 0.15) is 0 Å². The van der Waals surface area contributed by atoms with Gasteiger partial charge in [0.05, 0.1) is 5.60 Å². The van der Waals surface area contributed by atoms with E-state index in [1.54, 1.807) is 0 Å². The smallest absolute Gasteiger partial charge is 0.0697 e. The Bertz CT molecular complexity index is 338. The topological polar surface area (TPSA) is 21.3 Å². The Hall–Kier alpha value is -0.380. The lowest BCUT2D eigenvalue weighted by Gasteiger charge is -2.42. The first kappa shape index (κ1) is 12.1. The molecule has 1 unspecified atom stereocenters. The number of hydrogen-bond acceptors (Lipinski definition) is 3. The van der Waals surface area contributed by atoms with Gasteiger partial charge in [0, 0.05) is 22.9 Å². The standard InChI is InChI=1S/C13H21NOS/c1-10-5-6-12(16-10)11(14-2)9-13(15-3)7-4-8-13/h5-6,11,14H,4,7-9H2,1-3H3. The lowest BCUT2D eigenvalue weighted by atomic mass is 9.75. The second-order valence-corrected chi connectivity index (χ2v) is 6.05. The van der Waals surface area contributed by atoms with Crippen LogP contribution in [0.15, 0.2) is 12.1 Å². The third-order valence-electron chi connectivity index (χ3n) is 3.73. The number of hydrogen-bond donors (Lipinski definition) is 1. The molecule has 90 valence electrons. The highest BCUT2D eigenvalue weighted by Crippen LogP contribution is 2.42. The number of methoxy groups -OCH3 is 1. The minimum Gasteiger partial charge on any atom is -0.378 e. The average Bonchev–Trinajstić information content (AvgIpc) is 2.65. The van der Waals surface area contributed by atoms with Crippen LogP contribution in [0.1, 0.15) is 41.5 Å². The molecule has 0 radical (unpaired) electrons. The predicted molar refractivity (Wildman–Crippen MR) is 69.1 cm³/mol. The van der Waals surface area contributed by atoms with Crippen LogP contribution in [-0.4, -0.2) is 19.8 Å². The van der Waals surface area contributed by atoms with Crippen molar-refractivity contribution < 1.29 is 4.74 Å². The van der Waals surface area contributed by atoms with E-state index in [0.717, 1.165) is 6.42 Å². The fourth-order valence-electron chi connectivity index (χ4n) is 2.42. The summed E-state index contributed by atoms with van der Waals surface area (Å²) in [4.78, 5) is 2.82. The maximum Gasteiger partial charge on any atom is 0.0697 e. The molecule has 3 heteroatoms. The fourth-order valence-corrected chi connectivity index (χ4v) is 3.41. The highest BCUT2D eigenvalue weighted by molar-refractivity contribution is 7.12. The SMILES string of the molecule is CNC(CC1(OC)CCC1)c1ccc(C)s1. The van der Waals surface area contributed by atoms with Crippen molar-refractivity contribution in [3.8, 4) is 0 Å². The summed E-state index contributed by atoms with van der Waals surface area (Å²) in [5, 5.41) is 3.42. The lowest BCUT2D eigenvalue weighted by Crippen LogP contribution is -2.42. The number of aryl methyl sites for hydroxylation is 1. The molecule has 1 aromatic heterocycles. The molecule has 1 aliphatic rings. The van der Waals surface area contributed by atoms with Gasteiger partial charge in [0.15, 0.2) is 0 Å². The van der Waals surface area contributed by atoms with Crippen molar-refractivity contribution in [2.24, 2.45) is 0 Å². The maximum atomic E-state index is 5.70. The van der Waals surface area contributed by atoms with Crippen molar-refractivity contribution in [3.63, 3.8) is 0 Å². The number of nitrogens with one attached hydrogen (secondary N) is 1. The molecule has 0 amide bonds. The zero-order valence-electron chi connectivity index (χ0n) is 10.4. The van der Waals surface area contributed by atoms with Gasteiger partial charge in [-0.15, -0.1) is 11.3 Å². The van der Waals surface area contributed by atoms with Crippen LogP contribution in [0, 0.1) is 6.92 Å². The number of ether oxygens (including phenoxy) is 1. The van der Waals surface area contributed by atoms with E-state index in [4.69, 9.17) is 4.74 Å². The molecule has 0 spiro atoms. The maximum absolute atomic E-state index is 5.70. The van der Waals surface area contributed by atoms with E-state index < -0.39 is 0 Å². The summed E-state index contributed by atoms with van der Waals surface area (Å²) in [6.45, 7) is 2.16. The van der Waals surface area contributed by atoms with Crippen molar-refractivity contribution >= 4 is 11.3 Å². The van der Waals surface area contributed by atoms with Crippen molar-refractivity contribution in [3.05, 3.63) is 21.9 Å². The van der Waals surface area contributed by atoms with Crippen molar-refractivity contribution in [2.75, 3.05) is 14.2 Å². The van der Waals surface area contributed by atoms with E-state index in [-0.39, 0.29) is 5.60 Å². The zero-order chi connectivity index (χ0) is 11.6. The van der Waals surface area contributed by atoms with E-state index in [9.17, 15) is 0 Å². The minimum absolute atomic E-state index is 0.144. The molecule has 1 saturated carbocycles. The normalized spacial score (nSPS) is 20.4. The Morgan fingerprint density at radius 2 is 2.25 bits per heavy atom. The molecule has 0 saturated heterocycles. The largest absolute Gasteiger partial charge is 0.378 e. The Morgan fingerprint density at radius 1 is 1.50 bits per heavy atom. The molecule has 1 aromatic rings. The van der Waals surface area contributed by atoms with Gasteiger partial charge in [-0.3, -0.25) is 0 Å². The molecule has 2 rings (SSSR count). The van der Waals surface area contributed by atoms with Gasteiger partial charge in [0.25, 0.3) is 0 Å². The summed E-state index contributed by atoms with van der Waals surface area (Å²) in [5.41, 5.74) is 0.144.